The summed E-state index contributed by atoms with van der Waals surface area (Å²) in [5.74, 6) is -2.57. The molecule has 0 amide bonds. The fourth-order valence-corrected chi connectivity index (χ4v) is 2.46. The smallest absolute Gasteiger partial charge is 0.338 e. The summed E-state index contributed by atoms with van der Waals surface area (Å²) in [4.78, 5) is 23.0. The van der Waals surface area contributed by atoms with Gasteiger partial charge in [-0.15, -0.1) is 0 Å². The molecule has 114 valence electrons. The van der Waals surface area contributed by atoms with Crippen molar-refractivity contribution in [2.24, 2.45) is 0 Å². The monoisotopic (exact) mass is 298 g/mol. The predicted octanol–water partition coefficient (Wildman–Crippen LogP) is 2.05. The van der Waals surface area contributed by atoms with Crippen molar-refractivity contribution in [3.05, 3.63) is 33.6 Å². The van der Waals surface area contributed by atoms with Gasteiger partial charge >= 0.3 is 5.97 Å². The van der Waals surface area contributed by atoms with E-state index >= 15 is 0 Å². The van der Waals surface area contributed by atoms with Crippen LogP contribution >= 0.6 is 0 Å². The van der Waals surface area contributed by atoms with Crippen LogP contribution in [0.4, 0.5) is 15.8 Å². The molecule has 0 aromatic heterocycles. The molecule has 2 rings (SSSR count). The Morgan fingerprint density at radius 3 is 2.86 bits per heavy atom. The molecule has 1 aliphatic heterocycles. The number of carboxylic acid groups (broad SMARTS) is 1. The number of carboxylic acids is 1. The van der Waals surface area contributed by atoms with E-state index in [1.54, 1.807) is 12.0 Å². The van der Waals surface area contributed by atoms with E-state index < -0.39 is 28.0 Å². The molecule has 1 fully saturated rings. The molecule has 1 aliphatic rings. The standard InChI is InChI=1S/C13H15FN2O5/c1-21-8-3-2-4-15(7-8)11-5-9(13(17)18)10(14)6-12(11)16(19)20/h5-6,8H,2-4,7H2,1H3,(H,17,18). The number of hydrogen-bond acceptors (Lipinski definition) is 5. The molecule has 0 saturated carbocycles. The summed E-state index contributed by atoms with van der Waals surface area (Å²) in [7, 11) is 1.55. The Bertz CT molecular complexity index is 578. The molecule has 0 aliphatic carbocycles. The summed E-state index contributed by atoms with van der Waals surface area (Å²) in [6, 6.07) is 1.68. The Labute approximate surface area is 120 Å². The molecule has 0 radical (unpaired) electrons. The number of aromatic carboxylic acids is 1. The van der Waals surface area contributed by atoms with Crippen LogP contribution in [0.25, 0.3) is 0 Å². The topological polar surface area (TPSA) is 92.9 Å². The molecule has 1 N–H and O–H groups in total. The average Bonchev–Trinajstić information content (AvgIpc) is 2.46. The van der Waals surface area contributed by atoms with Gasteiger partial charge in [0.15, 0.2) is 0 Å². The Morgan fingerprint density at radius 1 is 1.57 bits per heavy atom. The molecule has 1 heterocycles. The van der Waals surface area contributed by atoms with Crippen molar-refractivity contribution in [2.75, 3.05) is 25.1 Å². The van der Waals surface area contributed by atoms with Crippen molar-refractivity contribution in [2.45, 2.75) is 18.9 Å². The average molecular weight is 298 g/mol. The van der Waals surface area contributed by atoms with Gasteiger partial charge in [0.1, 0.15) is 11.5 Å². The third-order valence-corrected chi connectivity index (χ3v) is 3.54. The van der Waals surface area contributed by atoms with E-state index in [-0.39, 0.29) is 11.8 Å². The summed E-state index contributed by atoms with van der Waals surface area (Å²) in [5, 5.41) is 20.0. The van der Waals surface area contributed by atoms with Gasteiger partial charge in [-0.25, -0.2) is 9.18 Å². The molecular weight excluding hydrogens is 283 g/mol. The number of rotatable bonds is 4. The SMILES string of the molecule is COC1CCCN(c2cc(C(=O)O)c(F)cc2[N+](=O)[O-])C1. The number of anilines is 1. The highest BCUT2D eigenvalue weighted by Gasteiger charge is 2.28. The number of hydrogen-bond donors (Lipinski definition) is 1. The minimum atomic E-state index is -1.45. The number of nitro groups is 1. The Balaban J connectivity index is 2.46. The molecule has 0 spiro atoms. The van der Waals surface area contributed by atoms with Crippen LogP contribution in [0.3, 0.4) is 0 Å². The fourth-order valence-electron chi connectivity index (χ4n) is 2.46. The number of nitro benzene ring substituents is 1. The zero-order chi connectivity index (χ0) is 15.6. The number of methoxy groups -OCH3 is 1. The zero-order valence-electron chi connectivity index (χ0n) is 11.4. The maximum absolute atomic E-state index is 13.6. The molecule has 1 atom stereocenters. The van der Waals surface area contributed by atoms with E-state index in [4.69, 9.17) is 9.84 Å². The van der Waals surface area contributed by atoms with E-state index in [0.717, 1.165) is 18.9 Å². The van der Waals surface area contributed by atoms with E-state index in [1.807, 2.05) is 0 Å². The Morgan fingerprint density at radius 2 is 2.29 bits per heavy atom. The molecule has 21 heavy (non-hydrogen) atoms. The first-order chi connectivity index (χ1) is 9.93. The second-order valence-corrected chi connectivity index (χ2v) is 4.83. The molecule has 8 heteroatoms. The van der Waals surface area contributed by atoms with Crippen LogP contribution in [0.15, 0.2) is 12.1 Å². The summed E-state index contributed by atoms with van der Waals surface area (Å²) in [6.07, 6.45) is 1.50. The molecule has 1 saturated heterocycles. The molecule has 1 aromatic carbocycles. The molecule has 1 aromatic rings. The van der Waals surface area contributed by atoms with Crippen LogP contribution in [0.1, 0.15) is 23.2 Å². The van der Waals surface area contributed by atoms with Crippen LogP contribution < -0.4 is 4.90 Å². The maximum Gasteiger partial charge on any atom is 0.338 e. The van der Waals surface area contributed by atoms with Gasteiger partial charge in [0, 0.05) is 20.2 Å². The minimum Gasteiger partial charge on any atom is -0.478 e. The number of carbonyl (C=O) groups is 1. The van der Waals surface area contributed by atoms with Gasteiger partial charge in [0.25, 0.3) is 5.69 Å². The van der Waals surface area contributed by atoms with Crippen molar-refractivity contribution in [1.29, 1.82) is 0 Å². The van der Waals surface area contributed by atoms with Crippen molar-refractivity contribution < 1.29 is 24.0 Å². The largest absolute Gasteiger partial charge is 0.478 e. The van der Waals surface area contributed by atoms with Gasteiger partial charge in [-0.05, 0) is 18.9 Å². The van der Waals surface area contributed by atoms with Crippen molar-refractivity contribution in [1.82, 2.24) is 0 Å². The first-order valence-electron chi connectivity index (χ1n) is 6.43. The van der Waals surface area contributed by atoms with Crippen molar-refractivity contribution >= 4 is 17.3 Å². The molecule has 7 nitrogen and oxygen atoms in total. The summed E-state index contributed by atoms with van der Waals surface area (Å²) < 4.78 is 18.9. The third-order valence-electron chi connectivity index (χ3n) is 3.54. The second-order valence-electron chi connectivity index (χ2n) is 4.83. The normalized spacial score (nSPS) is 18.6. The first kappa shape index (κ1) is 15.2. The number of piperidine rings is 1. The highest BCUT2D eigenvalue weighted by molar-refractivity contribution is 5.90. The first-order valence-corrected chi connectivity index (χ1v) is 6.43. The number of benzene rings is 1. The van der Waals surface area contributed by atoms with Crippen molar-refractivity contribution in [3.8, 4) is 0 Å². The number of ether oxygens (including phenoxy) is 1. The predicted molar refractivity (Wildman–Crippen MR) is 72.3 cm³/mol. The van der Waals surface area contributed by atoms with Crippen LogP contribution in [0.2, 0.25) is 0 Å². The van der Waals surface area contributed by atoms with Gasteiger partial charge in [-0.3, -0.25) is 10.1 Å². The van der Waals surface area contributed by atoms with Gasteiger partial charge in [-0.1, -0.05) is 0 Å². The Kier molecular flexibility index (Phi) is 4.37. The third kappa shape index (κ3) is 3.10. The van der Waals surface area contributed by atoms with E-state index in [2.05, 4.69) is 0 Å². The summed E-state index contributed by atoms with van der Waals surface area (Å²) >= 11 is 0. The van der Waals surface area contributed by atoms with Gasteiger partial charge < -0.3 is 14.7 Å². The molecular formula is C13H15FN2O5. The molecule has 0 bridgehead atoms. The lowest BCUT2D eigenvalue weighted by Crippen LogP contribution is -2.39. The van der Waals surface area contributed by atoms with E-state index in [1.165, 1.54) is 0 Å². The van der Waals surface area contributed by atoms with Gasteiger partial charge in [0.2, 0.25) is 0 Å². The highest BCUT2D eigenvalue weighted by atomic mass is 19.1. The van der Waals surface area contributed by atoms with Gasteiger partial charge in [-0.2, -0.15) is 0 Å². The summed E-state index contributed by atoms with van der Waals surface area (Å²) in [5.41, 5.74) is -0.898. The van der Waals surface area contributed by atoms with Crippen LogP contribution in [0, 0.1) is 15.9 Å². The summed E-state index contributed by atoms with van der Waals surface area (Å²) in [6.45, 7) is 0.938. The Hall–Kier alpha value is -2.22. The van der Waals surface area contributed by atoms with Crippen LogP contribution in [-0.2, 0) is 4.74 Å². The lowest BCUT2D eigenvalue weighted by Gasteiger charge is -2.33. The zero-order valence-corrected chi connectivity index (χ0v) is 11.4. The van der Waals surface area contributed by atoms with Crippen molar-refractivity contribution in [3.63, 3.8) is 0 Å². The quantitative estimate of drug-likeness (QED) is 0.675. The molecule has 1 unspecified atom stereocenters. The lowest BCUT2D eigenvalue weighted by atomic mass is 10.1. The van der Waals surface area contributed by atoms with Crippen LogP contribution in [0.5, 0.6) is 0 Å². The van der Waals surface area contributed by atoms with Crippen LogP contribution in [-0.4, -0.2) is 42.3 Å². The number of nitrogens with zero attached hydrogens (tertiary/aromatic N) is 2. The number of halogens is 1. The minimum absolute atomic E-state index is 0.0864. The fraction of sp³-hybridized carbons (Fsp3) is 0.462. The highest BCUT2D eigenvalue weighted by Crippen LogP contribution is 2.33. The van der Waals surface area contributed by atoms with E-state index in [0.29, 0.717) is 19.2 Å². The van der Waals surface area contributed by atoms with E-state index in [9.17, 15) is 19.3 Å². The maximum atomic E-state index is 13.6. The second kappa shape index (κ2) is 6.04. The van der Waals surface area contributed by atoms with Gasteiger partial charge in [0.05, 0.1) is 22.7 Å². The lowest BCUT2D eigenvalue weighted by molar-refractivity contribution is -0.384.